The number of para-hydroxylation sites is 2. The van der Waals surface area contributed by atoms with Crippen LogP contribution in [0.25, 0.3) is 11.0 Å². The first-order valence-electron chi connectivity index (χ1n) is 8.98. The van der Waals surface area contributed by atoms with E-state index in [1.165, 1.54) is 0 Å². The van der Waals surface area contributed by atoms with Crippen molar-refractivity contribution in [2.75, 3.05) is 6.54 Å². The van der Waals surface area contributed by atoms with Crippen molar-refractivity contribution in [3.63, 3.8) is 0 Å². The molecular weight excluding hydrogens is 312 g/mol. The molecule has 0 aliphatic carbocycles. The number of likely N-dealkylation sites (tertiary alicyclic amines) is 1. The zero-order valence-electron chi connectivity index (χ0n) is 14.8. The average Bonchev–Trinajstić information content (AvgIpc) is 3.35. The number of nitrogens with zero attached hydrogens (tertiary/aromatic N) is 4. The molecule has 130 valence electrons. The lowest BCUT2D eigenvalue weighted by Gasteiger charge is -2.26. The topological polar surface area (TPSA) is 43.1 Å². The van der Waals surface area contributed by atoms with Gasteiger partial charge in [0.25, 0.3) is 0 Å². The van der Waals surface area contributed by atoms with Crippen LogP contribution in [0, 0.1) is 0 Å². The van der Waals surface area contributed by atoms with Crippen LogP contribution in [0.3, 0.4) is 0 Å². The first kappa shape index (κ1) is 15.9. The molecular formula is C20H24N4O. The van der Waals surface area contributed by atoms with Crippen molar-refractivity contribution in [1.82, 2.24) is 19.0 Å². The van der Waals surface area contributed by atoms with Gasteiger partial charge in [-0.3, -0.25) is 4.79 Å². The van der Waals surface area contributed by atoms with Crippen LogP contribution < -0.4 is 0 Å². The maximum Gasteiger partial charge on any atom is 0.225 e. The van der Waals surface area contributed by atoms with E-state index in [2.05, 4.69) is 22.1 Å². The van der Waals surface area contributed by atoms with Crippen LogP contribution in [0.5, 0.6) is 0 Å². The van der Waals surface area contributed by atoms with Gasteiger partial charge in [0.15, 0.2) is 0 Å². The number of hydrogen-bond donors (Lipinski definition) is 0. The molecule has 2 aromatic heterocycles. The maximum atomic E-state index is 12.9. The van der Waals surface area contributed by atoms with E-state index in [0.29, 0.717) is 6.42 Å². The van der Waals surface area contributed by atoms with Crippen molar-refractivity contribution in [3.05, 3.63) is 54.6 Å². The Labute approximate surface area is 147 Å². The van der Waals surface area contributed by atoms with Gasteiger partial charge in [0.2, 0.25) is 5.91 Å². The van der Waals surface area contributed by atoms with Crippen molar-refractivity contribution in [1.29, 1.82) is 0 Å². The molecule has 1 fully saturated rings. The highest BCUT2D eigenvalue weighted by atomic mass is 16.2. The highest BCUT2D eigenvalue weighted by Crippen LogP contribution is 2.34. The molecule has 2 atom stereocenters. The Morgan fingerprint density at radius 3 is 2.76 bits per heavy atom. The zero-order valence-corrected chi connectivity index (χ0v) is 14.8. The largest absolute Gasteiger partial charge is 0.351 e. The first-order chi connectivity index (χ1) is 12.1. The Hall–Kier alpha value is -2.56. The summed E-state index contributed by atoms with van der Waals surface area (Å²) in [4.78, 5) is 19.8. The molecule has 1 amide bonds. The van der Waals surface area contributed by atoms with Crippen molar-refractivity contribution >= 4 is 16.9 Å². The van der Waals surface area contributed by atoms with Gasteiger partial charge in [-0.15, -0.1) is 0 Å². The van der Waals surface area contributed by atoms with E-state index in [-0.39, 0.29) is 18.0 Å². The van der Waals surface area contributed by atoms with Crippen LogP contribution in [0.1, 0.15) is 44.1 Å². The minimum atomic E-state index is 0.0850. The zero-order chi connectivity index (χ0) is 17.4. The summed E-state index contributed by atoms with van der Waals surface area (Å²) in [7, 11) is 2.05. The number of carbonyl (C=O) groups is 1. The summed E-state index contributed by atoms with van der Waals surface area (Å²) < 4.78 is 4.24. The fourth-order valence-corrected chi connectivity index (χ4v) is 3.91. The minimum absolute atomic E-state index is 0.0850. The SMILES string of the molecule is C[C@@H](CC(=O)N1CCC[C@@H]1c1nc2ccccc2n1C)n1cccc1. The molecule has 3 heterocycles. The first-order valence-corrected chi connectivity index (χ1v) is 8.98. The van der Waals surface area contributed by atoms with Crippen LogP contribution in [0.15, 0.2) is 48.8 Å². The molecule has 5 heteroatoms. The Kier molecular flexibility index (Phi) is 4.07. The van der Waals surface area contributed by atoms with Crippen molar-refractivity contribution < 1.29 is 4.79 Å². The minimum Gasteiger partial charge on any atom is -0.351 e. The van der Waals surface area contributed by atoms with E-state index < -0.39 is 0 Å². The van der Waals surface area contributed by atoms with Gasteiger partial charge in [-0.25, -0.2) is 4.98 Å². The van der Waals surface area contributed by atoms with Gasteiger partial charge < -0.3 is 14.0 Å². The van der Waals surface area contributed by atoms with Gasteiger partial charge in [-0.2, -0.15) is 0 Å². The third-order valence-electron chi connectivity index (χ3n) is 5.30. The number of aromatic nitrogens is 3. The quantitative estimate of drug-likeness (QED) is 0.729. The van der Waals surface area contributed by atoms with Gasteiger partial charge in [0, 0.05) is 38.4 Å². The molecule has 1 saturated heterocycles. The number of rotatable bonds is 4. The van der Waals surface area contributed by atoms with Crippen LogP contribution in [0.4, 0.5) is 0 Å². The lowest BCUT2D eigenvalue weighted by molar-refractivity contribution is -0.133. The van der Waals surface area contributed by atoms with Crippen molar-refractivity contribution in [3.8, 4) is 0 Å². The summed E-state index contributed by atoms with van der Waals surface area (Å²) in [5.74, 6) is 1.22. The number of benzene rings is 1. The third-order valence-corrected chi connectivity index (χ3v) is 5.30. The van der Waals surface area contributed by atoms with Crippen molar-refractivity contribution in [2.24, 2.45) is 7.05 Å². The summed E-state index contributed by atoms with van der Waals surface area (Å²) in [5.41, 5.74) is 2.12. The van der Waals surface area contributed by atoms with Crippen LogP contribution >= 0.6 is 0 Å². The molecule has 0 saturated carbocycles. The molecule has 5 nitrogen and oxygen atoms in total. The lowest BCUT2D eigenvalue weighted by Crippen LogP contribution is -2.33. The van der Waals surface area contributed by atoms with E-state index in [4.69, 9.17) is 4.98 Å². The molecule has 3 aromatic rings. The molecule has 0 unspecified atom stereocenters. The van der Waals surface area contributed by atoms with Crippen molar-refractivity contribution in [2.45, 2.75) is 38.3 Å². The van der Waals surface area contributed by atoms with E-state index >= 15 is 0 Å². The Balaban J connectivity index is 1.57. The van der Waals surface area contributed by atoms with Gasteiger partial charge in [-0.05, 0) is 44.0 Å². The molecule has 25 heavy (non-hydrogen) atoms. The highest BCUT2D eigenvalue weighted by Gasteiger charge is 2.33. The molecule has 1 aliphatic heterocycles. The third kappa shape index (κ3) is 2.84. The average molecular weight is 336 g/mol. The Morgan fingerprint density at radius 2 is 2.00 bits per heavy atom. The van der Waals surface area contributed by atoms with Gasteiger partial charge >= 0.3 is 0 Å². The summed E-state index contributed by atoms with van der Waals surface area (Å²) in [5, 5.41) is 0. The summed E-state index contributed by atoms with van der Waals surface area (Å²) in [6.07, 6.45) is 6.59. The summed E-state index contributed by atoms with van der Waals surface area (Å²) >= 11 is 0. The maximum absolute atomic E-state index is 12.9. The van der Waals surface area contributed by atoms with E-state index in [0.717, 1.165) is 36.2 Å². The lowest BCUT2D eigenvalue weighted by atomic mass is 10.1. The molecule has 0 N–H and O–H groups in total. The molecule has 1 aliphatic rings. The summed E-state index contributed by atoms with van der Waals surface area (Å²) in [6, 6.07) is 12.4. The number of hydrogen-bond acceptors (Lipinski definition) is 2. The second-order valence-electron chi connectivity index (χ2n) is 6.95. The van der Waals surface area contributed by atoms with Crippen LogP contribution in [-0.4, -0.2) is 31.5 Å². The van der Waals surface area contributed by atoms with Gasteiger partial charge in [-0.1, -0.05) is 12.1 Å². The van der Waals surface area contributed by atoms with E-state index in [9.17, 15) is 4.79 Å². The fraction of sp³-hybridized carbons (Fsp3) is 0.400. The standard InChI is InChI=1S/C20H24N4O/c1-15(23-11-5-6-12-23)14-19(25)24-13-7-10-18(24)20-21-16-8-3-4-9-17(16)22(20)2/h3-6,8-9,11-12,15,18H,7,10,13-14H2,1-2H3/t15-,18+/m0/s1. The van der Waals surface area contributed by atoms with E-state index in [1.807, 2.05) is 54.7 Å². The predicted octanol–water partition coefficient (Wildman–Crippen LogP) is 3.69. The molecule has 0 radical (unpaired) electrons. The molecule has 1 aromatic carbocycles. The monoisotopic (exact) mass is 336 g/mol. The molecule has 0 bridgehead atoms. The number of fused-ring (bicyclic) bond motifs is 1. The van der Waals surface area contributed by atoms with Crippen LogP contribution in [-0.2, 0) is 11.8 Å². The normalized spacial score (nSPS) is 18.8. The molecule has 4 rings (SSSR count). The molecule has 0 spiro atoms. The summed E-state index contributed by atoms with van der Waals surface area (Å²) in [6.45, 7) is 2.92. The van der Waals surface area contributed by atoms with Gasteiger partial charge in [0.05, 0.1) is 17.1 Å². The smallest absolute Gasteiger partial charge is 0.225 e. The Morgan fingerprint density at radius 1 is 1.24 bits per heavy atom. The number of aryl methyl sites for hydroxylation is 1. The predicted molar refractivity (Wildman–Crippen MR) is 98.2 cm³/mol. The second-order valence-corrected chi connectivity index (χ2v) is 6.95. The fourth-order valence-electron chi connectivity index (χ4n) is 3.91. The Bertz CT molecular complexity index is 880. The second kappa shape index (κ2) is 6.39. The van der Waals surface area contributed by atoms with Gasteiger partial charge in [0.1, 0.15) is 5.82 Å². The van der Waals surface area contributed by atoms with E-state index in [1.54, 1.807) is 0 Å². The number of imidazole rings is 1. The number of amides is 1. The number of carbonyl (C=O) groups excluding carboxylic acids is 1. The van der Waals surface area contributed by atoms with Crippen LogP contribution in [0.2, 0.25) is 0 Å². The highest BCUT2D eigenvalue weighted by molar-refractivity contribution is 5.78.